The van der Waals surface area contributed by atoms with E-state index in [1.165, 1.54) is 12.4 Å². The number of carbonyl (C=O) groups excluding carboxylic acids is 1. The Morgan fingerprint density at radius 3 is 2.71 bits per heavy atom. The van der Waals surface area contributed by atoms with Gasteiger partial charge in [-0.2, -0.15) is 0 Å². The van der Waals surface area contributed by atoms with Crippen LogP contribution in [0.15, 0.2) is 43.6 Å². The Kier molecular flexibility index (Phi) is 4.90. The van der Waals surface area contributed by atoms with Gasteiger partial charge in [0.05, 0.1) is 5.69 Å². The van der Waals surface area contributed by atoms with Crippen molar-refractivity contribution in [1.82, 2.24) is 24.8 Å². The van der Waals surface area contributed by atoms with Gasteiger partial charge in [0, 0.05) is 43.2 Å². The van der Waals surface area contributed by atoms with Crippen LogP contribution in [-0.2, 0) is 4.79 Å². The predicted molar refractivity (Wildman–Crippen MR) is 87.8 cm³/mol. The maximum atomic E-state index is 12.0. The third-order valence-electron chi connectivity index (χ3n) is 4.18. The molecule has 3 heterocycles. The van der Waals surface area contributed by atoms with E-state index in [-0.39, 0.29) is 11.8 Å². The van der Waals surface area contributed by atoms with Crippen LogP contribution in [-0.4, -0.2) is 55.0 Å². The number of hydrogen-bond donors (Lipinski definition) is 1. The summed E-state index contributed by atoms with van der Waals surface area (Å²) in [7, 11) is 0. The van der Waals surface area contributed by atoms with Crippen molar-refractivity contribution in [2.24, 2.45) is 0 Å². The number of carbonyl (C=O) groups is 1. The molecule has 0 radical (unpaired) electrons. The quantitative estimate of drug-likeness (QED) is 0.849. The third kappa shape index (κ3) is 3.46. The highest BCUT2D eigenvalue weighted by Gasteiger charge is 2.27. The normalized spacial score (nSPS) is 16.6. The second-order valence-electron chi connectivity index (χ2n) is 5.71. The van der Waals surface area contributed by atoms with Crippen LogP contribution < -0.4 is 0 Å². The minimum Gasteiger partial charge on any atom is -0.379 e. The molecule has 7 nitrogen and oxygen atoms in total. The first-order valence-corrected chi connectivity index (χ1v) is 7.86. The number of piperidine rings is 1. The van der Waals surface area contributed by atoms with Gasteiger partial charge in [-0.1, -0.05) is 12.7 Å². The van der Waals surface area contributed by atoms with Crippen molar-refractivity contribution in [3.63, 3.8) is 0 Å². The van der Waals surface area contributed by atoms with Gasteiger partial charge in [0.2, 0.25) is 0 Å². The maximum Gasteiger partial charge on any atom is 0.255 e. The van der Waals surface area contributed by atoms with E-state index >= 15 is 0 Å². The van der Waals surface area contributed by atoms with Crippen LogP contribution in [0.25, 0.3) is 11.3 Å². The fraction of sp³-hybridized carbons (Fsp3) is 0.353. The molecule has 1 unspecified atom stereocenters. The van der Waals surface area contributed by atoms with E-state index in [9.17, 15) is 9.90 Å². The number of rotatable bonds is 4. The van der Waals surface area contributed by atoms with Gasteiger partial charge in [-0.15, -0.1) is 0 Å². The van der Waals surface area contributed by atoms with Crippen molar-refractivity contribution in [3.05, 3.63) is 49.5 Å². The lowest BCUT2D eigenvalue weighted by atomic mass is 9.95. The van der Waals surface area contributed by atoms with Crippen molar-refractivity contribution in [3.8, 4) is 11.3 Å². The van der Waals surface area contributed by atoms with Gasteiger partial charge in [-0.05, 0) is 18.9 Å². The molecule has 0 bridgehead atoms. The summed E-state index contributed by atoms with van der Waals surface area (Å²) in [4.78, 5) is 30.7. The van der Waals surface area contributed by atoms with Crippen molar-refractivity contribution in [1.29, 1.82) is 0 Å². The molecule has 0 spiro atoms. The third-order valence-corrected chi connectivity index (χ3v) is 4.18. The Morgan fingerprint density at radius 1 is 1.33 bits per heavy atom. The number of aliphatic hydroxyl groups is 1. The Morgan fingerprint density at radius 2 is 2.04 bits per heavy atom. The van der Waals surface area contributed by atoms with Crippen molar-refractivity contribution >= 4 is 5.91 Å². The molecule has 124 valence electrons. The summed E-state index contributed by atoms with van der Waals surface area (Å²) in [5, 5.41) is 9.58. The standard InChI is InChI=1S/C17H19N5O2/c1-2-15(23)17(24)22-7-4-12(5-8-22)16-20-6-3-14(21-16)13-9-18-11-19-10-13/h2-3,6,9-12,15,23H,1,4-5,7-8H2. The number of aliphatic hydroxyl groups excluding tert-OH is 1. The van der Waals surface area contributed by atoms with Gasteiger partial charge in [0.25, 0.3) is 5.91 Å². The van der Waals surface area contributed by atoms with Gasteiger partial charge in [-0.25, -0.2) is 19.9 Å². The molecular formula is C17H19N5O2. The lowest BCUT2D eigenvalue weighted by Crippen LogP contribution is -2.43. The summed E-state index contributed by atoms with van der Waals surface area (Å²) < 4.78 is 0. The molecule has 24 heavy (non-hydrogen) atoms. The minimum atomic E-state index is -1.13. The fourth-order valence-electron chi connectivity index (χ4n) is 2.81. The van der Waals surface area contributed by atoms with E-state index in [0.717, 1.165) is 29.9 Å². The Balaban J connectivity index is 1.69. The summed E-state index contributed by atoms with van der Waals surface area (Å²) in [5.74, 6) is 0.673. The zero-order valence-corrected chi connectivity index (χ0v) is 13.2. The molecule has 7 heteroatoms. The topological polar surface area (TPSA) is 92.1 Å². The average molecular weight is 325 g/mol. The molecule has 0 aromatic carbocycles. The molecular weight excluding hydrogens is 306 g/mol. The van der Waals surface area contributed by atoms with Crippen molar-refractivity contribution in [2.45, 2.75) is 24.9 Å². The van der Waals surface area contributed by atoms with Gasteiger partial charge in [0.1, 0.15) is 12.2 Å². The largest absolute Gasteiger partial charge is 0.379 e. The molecule has 1 atom stereocenters. The Labute approximate surface area is 140 Å². The minimum absolute atomic E-state index is 0.194. The van der Waals surface area contributed by atoms with E-state index in [0.29, 0.717) is 13.1 Å². The summed E-state index contributed by atoms with van der Waals surface area (Å²) in [6, 6.07) is 1.83. The molecule has 1 fully saturated rings. The Hall–Kier alpha value is -2.67. The van der Waals surface area contributed by atoms with Crippen LogP contribution in [0.1, 0.15) is 24.6 Å². The van der Waals surface area contributed by atoms with Gasteiger partial charge in [-0.3, -0.25) is 4.79 Å². The molecule has 3 rings (SSSR count). The molecule has 1 aliphatic rings. The van der Waals surface area contributed by atoms with Crippen LogP contribution in [0.3, 0.4) is 0 Å². The zero-order chi connectivity index (χ0) is 16.9. The first kappa shape index (κ1) is 16.2. The molecule has 1 N–H and O–H groups in total. The fourth-order valence-corrected chi connectivity index (χ4v) is 2.81. The number of nitrogens with zero attached hydrogens (tertiary/aromatic N) is 5. The van der Waals surface area contributed by atoms with Crippen LogP contribution in [0.2, 0.25) is 0 Å². The summed E-state index contributed by atoms with van der Waals surface area (Å²) >= 11 is 0. The van der Waals surface area contributed by atoms with E-state index < -0.39 is 6.10 Å². The van der Waals surface area contributed by atoms with Crippen LogP contribution >= 0.6 is 0 Å². The van der Waals surface area contributed by atoms with Crippen LogP contribution in [0.4, 0.5) is 0 Å². The molecule has 1 saturated heterocycles. The highest BCUT2D eigenvalue weighted by atomic mass is 16.3. The molecule has 1 aliphatic heterocycles. The number of amides is 1. The summed E-state index contributed by atoms with van der Waals surface area (Å²) in [6.45, 7) is 4.61. The van der Waals surface area contributed by atoms with E-state index in [1.807, 2.05) is 6.07 Å². The Bertz CT molecular complexity index is 714. The molecule has 0 aliphatic carbocycles. The van der Waals surface area contributed by atoms with E-state index in [2.05, 4.69) is 26.5 Å². The monoisotopic (exact) mass is 325 g/mol. The molecule has 2 aromatic rings. The molecule has 2 aromatic heterocycles. The van der Waals surface area contributed by atoms with Crippen LogP contribution in [0.5, 0.6) is 0 Å². The second kappa shape index (κ2) is 7.27. The maximum absolute atomic E-state index is 12.0. The molecule has 0 saturated carbocycles. The zero-order valence-electron chi connectivity index (χ0n) is 13.2. The van der Waals surface area contributed by atoms with E-state index in [4.69, 9.17) is 0 Å². The summed E-state index contributed by atoms with van der Waals surface area (Å²) in [6.07, 6.45) is 8.32. The van der Waals surface area contributed by atoms with Gasteiger partial charge < -0.3 is 10.0 Å². The molecule has 1 amide bonds. The summed E-state index contributed by atoms with van der Waals surface area (Å²) in [5.41, 5.74) is 1.64. The lowest BCUT2D eigenvalue weighted by Gasteiger charge is -2.32. The van der Waals surface area contributed by atoms with E-state index in [1.54, 1.807) is 23.5 Å². The first-order valence-electron chi connectivity index (χ1n) is 7.86. The average Bonchev–Trinajstić information content (AvgIpc) is 2.67. The highest BCUT2D eigenvalue weighted by Crippen LogP contribution is 2.27. The lowest BCUT2D eigenvalue weighted by molar-refractivity contribution is -0.138. The smallest absolute Gasteiger partial charge is 0.255 e. The number of likely N-dealkylation sites (tertiary alicyclic amines) is 1. The van der Waals surface area contributed by atoms with Crippen molar-refractivity contribution in [2.75, 3.05) is 13.1 Å². The predicted octanol–water partition coefficient (Wildman–Crippen LogP) is 1.19. The number of hydrogen-bond acceptors (Lipinski definition) is 6. The van der Waals surface area contributed by atoms with Gasteiger partial charge >= 0.3 is 0 Å². The van der Waals surface area contributed by atoms with Crippen molar-refractivity contribution < 1.29 is 9.90 Å². The first-order chi connectivity index (χ1) is 11.7. The number of aromatic nitrogens is 4. The highest BCUT2D eigenvalue weighted by molar-refractivity contribution is 5.82. The SMILES string of the molecule is C=CC(O)C(=O)N1CCC(c2nccc(-c3cncnc3)n2)CC1. The van der Waals surface area contributed by atoms with Gasteiger partial charge in [0.15, 0.2) is 6.10 Å². The second-order valence-corrected chi connectivity index (χ2v) is 5.71. The van der Waals surface area contributed by atoms with Crippen LogP contribution in [0, 0.1) is 0 Å².